The number of fused-ring (bicyclic) bond motifs is 2. The molecule has 3 heterocycles. The van der Waals surface area contributed by atoms with E-state index < -0.39 is 11.3 Å². The van der Waals surface area contributed by atoms with Gasteiger partial charge in [-0.25, -0.2) is 9.07 Å². The number of hydrogen-bond donors (Lipinski definition) is 1. The maximum Gasteiger partial charge on any atom is 0.321 e. The number of hydrogen-bond acceptors (Lipinski definition) is 8. The second-order valence-electron chi connectivity index (χ2n) is 13.5. The normalized spacial score (nSPS) is 21.0. The molecule has 1 saturated carbocycles. The fraction of sp³-hybridized carbons (Fsp3) is 0.478. The van der Waals surface area contributed by atoms with Gasteiger partial charge in [-0.15, -0.1) is 10.2 Å². The summed E-state index contributed by atoms with van der Waals surface area (Å²) in [5.74, 6) is 1.76. The van der Waals surface area contributed by atoms with Crippen LogP contribution in [-0.4, -0.2) is 106 Å². The number of halogens is 2. The van der Waals surface area contributed by atoms with Gasteiger partial charge < -0.3 is 19.7 Å². The van der Waals surface area contributed by atoms with E-state index in [1.165, 1.54) is 12.1 Å². The van der Waals surface area contributed by atoms with Crippen LogP contribution in [0.2, 0.25) is 15.2 Å². The molecule has 0 radical (unpaired) electrons. The minimum atomic E-state index is -0.500. The van der Waals surface area contributed by atoms with Crippen LogP contribution in [0.3, 0.4) is 0 Å². The quantitative estimate of drug-likeness (QED) is 0.277. The Labute approximate surface area is 252 Å². The molecule has 1 aliphatic carbocycles. The highest BCUT2D eigenvalue weighted by Gasteiger charge is 2.50. The van der Waals surface area contributed by atoms with E-state index in [9.17, 15) is 4.39 Å². The van der Waals surface area contributed by atoms with Crippen LogP contribution in [0.4, 0.5) is 16.0 Å². The minimum Gasteiger partial charge on any atom is -0.480 e. The first-order valence-electron chi connectivity index (χ1n) is 14.2. The summed E-state index contributed by atoms with van der Waals surface area (Å²) in [7, 11) is 17.0. The number of ether oxygens (including phenoxy) is 2. The van der Waals surface area contributed by atoms with E-state index in [1.807, 2.05) is 10.7 Å². The summed E-state index contributed by atoms with van der Waals surface area (Å²) in [6, 6.07) is 6.81. The van der Waals surface area contributed by atoms with Crippen molar-refractivity contribution in [2.75, 3.05) is 30.4 Å². The summed E-state index contributed by atoms with van der Waals surface area (Å²) < 4.78 is 27.4. The standard InChI is InChI=1S/C23H34B7ClFN7O2/c1-40-17-6-13(8-33-36-17)38-9-11-2-3-12(10-38)18(11)34-19-35-20(41-14-4-5-16(32)15(31)7-14)39(37-19)21(24,22(25,26)27)23(28,29)30/h4-8,11-12,18H,2-3,9-10,24-30H2,1H3,(H,34,37)/t11-,12+,18-. The Balaban J connectivity index is 1.46. The number of benzene rings is 1. The third-order valence-electron chi connectivity index (χ3n) is 9.34. The van der Waals surface area contributed by atoms with Gasteiger partial charge in [0.1, 0.15) is 19.4 Å². The summed E-state index contributed by atoms with van der Waals surface area (Å²) in [5.41, 5.74) is 0.524. The molecule has 208 valence electrons. The van der Waals surface area contributed by atoms with E-state index in [0.717, 1.165) is 31.6 Å². The van der Waals surface area contributed by atoms with Crippen LogP contribution >= 0.6 is 11.6 Å². The first kappa shape index (κ1) is 29.8. The number of nitrogens with zero attached hydrogens (tertiary/aromatic N) is 6. The summed E-state index contributed by atoms with van der Waals surface area (Å²) >= 11 is 6.07. The Morgan fingerprint density at radius 1 is 1.02 bits per heavy atom. The smallest absolute Gasteiger partial charge is 0.321 e. The van der Waals surface area contributed by atoms with E-state index in [1.54, 1.807) is 19.4 Å². The second kappa shape index (κ2) is 10.9. The number of anilines is 2. The van der Waals surface area contributed by atoms with Gasteiger partial charge in [0.15, 0.2) is 0 Å². The number of aromatic nitrogens is 5. The monoisotopic (exact) mass is 571 g/mol. The fourth-order valence-electron chi connectivity index (χ4n) is 6.55. The number of methoxy groups -OCH3 is 1. The van der Waals surface area contributed by atoms with Crippen molar-refractivity contribution < 1.29 is 13.9 Å². The molecule has 0 spiro atoms. The Morgan fingerprint density at radius 2 is 1.68 bits per heavy atom. The van der Waals surface area contributed by atoms with Crippen LogP contribution in [0.15, 0.2) is 30.5 Å². The van der Waals surface area contributed by atoms with E-state index in [4.69, 9.17) is 31.2 Å². The van der Waals surface area contributed by atoms with E-state index >= 15 is 0 Å². The lowest BCUT2D eigenvalue weighted by atomic mass is 9.18. The zero-order valence-electron chi connectivity index (χ0n) is 25.2. The fourth-order valence-corrected chi connectivity index (χ4v) is 6.72. The van der Waals surface area contributed by atoms with Crippen molar-refractivity contribution in [1.82, 2.24) is 25.0 Å². The zero-order valence-corrected chi connectivity index (χ0v) is 26.0. The Bertz CT molecular complexity index is 1400. The van der Waals surface area contributed by atoms with Gasteiger partial charge >= 0.3 is 6.01 Å². The average molecular weight is 571 g/mol. The number of piperidine rings is 1. The largest absolute Gasteiger partial charge is 0.480 e. The van der Waals surface area contributed by atoms with Gasteiger partial charge in [-0.05, 0) is 36.8 Å². The maximum atomic E-state index is 13.9. The number of rotatable bonds is 9. The molecule has 3 atom stereocenters. The molecule has 41 heavy (non-hydrogen) atoms. The lowest BCUT2D eigenvalue weighted by Gasteiger charge is -2.52. The molecule has 1 saturated heterocycles. The molecule has 5 rings (SSSR count). The van der Waals surface area contributed by atoms with Gasteiger partial charge in [-0.3, -0.25) is 0 Å². The predicted molar refractivity (Wildman–Crippen MR) is 179 cm³/mol. The summed E-state index contributed by atoms with van der Waals surface area (Å²) in [6.07, 6.45) is 4.03. The van der Waals surface area contributed by atoms with Crippen molar-refractivity contribution in [1.29, 1.82) is 0 Å². The van der Waals surface area contributed by atoms with Crippen molar-refractivity contribution in [3.05, 3.63) is 41.3 Å². The summed E-state index contributed by atoms with van der Waals surface area (Å²) in [6.45, 7) is 1.78. The molecular weight excluding hydrogens is 536 g/mol. The van der Waals surface area contributed by atoms with E-state index in [-0.39, 0.29) is 21.3 Å². The van der Waals surface area contributed by atoms with Gasteiger partial charge in [0.25, 0.3) is 0 Å². The van der Waals surface area contributed by atoms with Gasteiger partial charge in [0.2, 0.25) is 11.8 Å². The van der Waals surface area contributed by atoms with Crippen LogP contribution in [-0.2, 0) is 5.44 Å². The molecule has 2 bridgehead atoms. The predicted octanol–water partition coefficient (Wildman–Crippen LogP) is -2.78. The van der Waals surface area contributed by atoms with Gasteiger partial charge in [-0.2, -0.15) is 10.1 Å². The molecule has 9 nitrogen and oxygen atoms in total. The van der Waals surface area contributed by atoms with Gasteiger partial charge in [0.05, 0.1) is 71.1 Å². The van der Waals surface area contributed by atoms with Crippen LogP contribution < -0.4 is 19.7 Å². The zero-order chi connectivity index (χ0) is 29.7. The third-order valence-corrected chi connectivity index (χ3v) is 9.63. The molecule has 2 fully saturated rings. The van der Waals surface area contributed by atoms with Crippen molar-refractivity contribution in [3.8, 4) is 17.6 Å². The van der Waals surface area contributed by atoms with E-state index in [0.29, 0.717) is 35.4 Å². The Kier molecular flexibility index (Phi) is 7.89. The first-order valence-corrected chi connectivity index (χ1v) is 14.6. The van der Waals surface area contributed by atoms with Crippen LogP contribution in [0, 0.1) is 17.7 Å². The molecule has 1 aromatic carbocycles. The maximum absolute atomic E-state index is 13.9. The van der Waals surface area contributed by atoms with Crippen molar-refractivity contribution in [2.24, 2.45) is 11.8 Å². The van der Waals surface area contributed by atoms with Crippen molar-refractivity contribution >= 4 is 78.2 Å². The lowest BCUT2D eigenvalue weighted by molar-refractivity contribution is 0.317. The first-order chi connectivity index (χ1) is 19.2. The third kappa shape index (κ3) is 5.58. The van der Waals surface area contributed by atoms with Gasteiger partial charge in [0, 0.05) is 36.7 Å². The highest BCUT2D eigenvalue weighted by Crippen LogP contribution is 2.48. The molecule has 1 N–H and O–H groups in total. The topological polar surface area (TPSA) is 90.2 Å². The Hall–Kier alpha value is -2.69. The van der Waals surface area contributed by atoms with Crippen molar-refractivity contribution in [3.63, 3.8) is 0 Å². The molecular formula is C23H34B7ClFN7O2. The average Bonchev–Trinajstić information content (AvgIpc) is 3.39. The summed E-state index contributed by atoms with van der Waals surface area (Å²) in [4.78, 5) is 7.24. The van der Waals surface area contributed by atoms with E-state index in [2.05, 4.69) is 75.3 Å². The summed E-state index contributed by atoms with van der Waals surface area (Å²) in [5, 5.41) is 16.4. The Morgan fingerprint density at radius 3 is 2.27 bits per heavy atom. The SMILES string of the molecule is BC(B)(B)C(B)(n1nc(N[C@@H]2[C@@H]3CC[C@H]2CN(c2cnnc(OC)c2)C3)nc1Oc1ccc(F)c(Cl)c1)C(B)(B)B. The molecule has 0 unspecified atom stereocenters. The highest BCUT2D eigenvalue weighted by molar-refractivity contribution is 6.68. The molecule has 1 aliphatic heterocycles. The van der Waals surface area contributed by atoms with Crippen LogP contribution in [0.1, 0.15) is 12.8 Å². The second-order valence-corrected chi connectivity index (χ2v) is 13.9. The highest BCUT2D eigenvalue weighted by atomic mass is 35.5. The van der Waals surface area contributed by atoms with Crippen LogP contribution in [0.5, 0.6) is 17.6 Å². The van der Waals surface area contributed by atoms with Crippen molar-refractivity contribution in [2.45, 2.75) is 34.5 Å². The molecule has 18 heteroatoms. The minimum absolute atomic E-state index is 0.00771. The lowest BCUT2D eigenvalue weighted by Crippen LogP contribution is -2.57. The molecule has 3 aromatic rings. The number of nitrogens with one attached hydrogen (secondary N) is 1. The van der Waals surface area contributed by atoms with Gasteiger partial charge in [-0.1, -0.05) is 21.8 Å². The molecule has 2 aromatic heterocycles. The van der Waals surface area contributed by atoms with Crippen LogP contribution in [0.25, 0.3) is 0 Å². The molecule has 0 amide bonds. The molecule has 2 aliphatic rings.